The van der Waals surface area contributed by atoms with E-state index in [2.05, 4.69) is 10.3 Å². The average molecular weight is 520 g/mol. The number of nitrogens with zero attached hydrogens (tertiary/aromatic N) is 5. The SMILES string of the molecule is CC(=O)Oc1ccc(N2C(=O)[C@@H]3[C@H](C2=O)[C@@H]2C=Cc4ccccc4N2[C@@H]3C(=O)n2nnc3ccccc32)cc1. The van der Waals surface area contributed by atoms with Gasteiger partial charge in [0.15, 0.2) is 0 Å². The molecule has 0 bridgehead atoms. The van der Waals surface area contributed by atoms with Gasteiger partial charge in [0.05, 0.1) is 29.1 Å². The molecule has 4 aromatic rings. The summed E-state index contributed by atoms with van der Waals surface area (Å²) in [5.41, 5.74) is 3.10. The van der Waals surface area contributed by atoms with Crippen molar-refractivity contribution in [2.24, 2.45) is 11.8 Å². The van der Waals surface area contributed by atoms with E-state index >= 15 is 0 Å². The lowest BCUT2D eigenvalue weighted by Crippen LogP contribution is -2.50. The molecule has 0 saturated carbocycles. The molecule has 10 nitrogen and oxygen atoms in total. The normalized spacial score (nSPS) is 23.1. The topological polar surface area (TPSA) is 115 Å². The number of para-hydroxylation sites is 2. The highest BCUT2D eigenvalue weighted by atomic mass is 16.5. The number of carbonyl (C=O) groups excluding carboxylic acids is 4. The molecule has 0 unspecified atom stereocenters. The van der Waals surface area contributed by atoms with Crippen molar-refractivity contribution in [1.29, 1.82) is 0 Å². The Kier molecular flexibility index (Phi) is 4.99. The van der Waals surface area contributed by atoms with Crippen molar-refractivity contribution in [1.82, 2.24) is 15.0 Å². The minimum absolute atomic E-state index is 0.301. The van der Waals surface area contributed by atoms with Gasteiger partial charge in [0.1, 0.15) is 17.3 Å². The van der Waals surface area contributed by atoms with Crippen LogP contribution in [0.2, 0.25) is 0 Å². The number of hydrogen-bond acceptors (Lipinski definition) is 8. The van der Waals surface area contributed by atoms with E-state index in [1.807, 2.05) is 47.4 Å². The highest BCUT2D eigenvalue weighted by Crippen LogP contribution is 2.49. The highest BCUT2D eigenvalue weighted by molar-refractivity contribution is 6.25. The second kappa shape index (κ2) is 8.45. The van der Waals surface area contributed by atoms with E-state index in [0.29, 0.717) is 22.5 Å². The molecule has 3 aliphatic heterocycles. The Hall–Kier alpha value is -5.12. The van der Waals surface area contributed by atoms with Crippen LogP contribution >= 0.6 is 0 Å². The van der Waals surface area contributed by atoms with Gasteiger partial charge < -0.3 is 9.64 Å². The quantitative estimate of drug-likeness (QED) is 0.230. The van der Waals surface area contributed by atoms with Gasteiger partial charge in [-0.15, -0.1) is 5.10 Å². The zero-order valence-corrected chi connectivity index (χ0v) is 20.7. The second-order valence-electron chi connectivity index (χ2n) is 9.74. The molecule has 4 atom stereocenters. The Morgan fingerprint density at radius 1 is 0.872 bits per heavy atom. The summed E-state index contributed by atoms with van der Waals surface area (Å²) in [5.74, 6) is -3.18. The van der Waals surface area contributed by atoms with E-state index in [9.17, 15) is 19.2 Å². The van der Waals surface area contributed by atoms with Gasteiger partial charge in [-0.1, -0.05) is 47.7 Å². The van der Waals surface area contributed by atoms with E-state index in [-0.39, 0.29) is 5.91 Å². The maximum atomic E-state index is 14.2. The molecule has 4 heterocycles. The number of aromatic nitrogens is 3. The van der Waals surface area contributed by atoms with Crippen molar-refractivity contribution < 1.29 is 23.9 Å². The number of ether oxygens (including phenoxy) is 1. The van der Waals surface area contributed by atoms with Gasteiger partial charge in [0, 0.05) is 12.6 Å². The molecule has 10 heteroatoms. The zero-order chi connectivity index (χ0) is 26.8. The lowest BCUT2D eigenvalue weighted by Gasteiger charge is -2.36. The summed E-state index contributed by atoms with van der Waals surface area (Å²) in [6, 6.07) is 19.4. The van der Waals surface area contributed by atoms with E-state index in [1.165, 1.54) is 23.7 Å². The largest absolute Gasteiger partial charge is 0.427 e. The third-order valence-corrected chi connectivity index (χ3v) is 7.58. The monoisotopic (exact) mass is 519 g/mol. The summed E-state index contributed by atoms with van der Waals surface area (Å²) in [5, 5.41) is 8.26. The van der Waals surface area contributed by atoms with E-state index in [1.54, 1.807) is 30.3 Å². The van der Waals surface area contributed by atoms with Gasteiger partial charge in [-0.25, -0.2) is 4.90 Å². The first-order chi connectivity index (χ1) is 18.9. The zero-order valence-electron chi connectivity index (χ0n) is 20.7. The molecule has 0 spiro atoms. The van der Waals surface area contributed by atoms with Gasteiger partial charge in [-0.2, -0.15) is 4.68 Å². The lowest BCUT2D eigenvalue weighted by molar-refractivity contribution is -0.132. The smallest absolute Gasteiger partial charge is 0.308 e. The summed E-state index contributed by atoms with van der Waals surface area (Å²) in [6.07, 6.45) is 3.82. The van der Waals surface area contributed by atoms with Crippen LogP contribution in [0.1, 0.15) is 17.3 Å². The first-order valence-corrected chi connectivity index (χ1v) is 12.5. The number of fused-ring (bicyclic) bond motifs is 6. The number of carbonyl (C=O) groups is 4. The fourth-order valence-corrected chi connectivity index (χ4v) is 6.04. The molecule has 0 radical (unpaired) electrons. The Bertz CT molecular complexity index is 1730. The number of benzene rings is 3. The van der Waals surface area contributed by atoms with Gasteiger partial charge in [0.2, 0.25) is 11.8 Å². The van der Waals surface area contributed by atoms with Crippen LogP contribution in [0.15, 0.2) is 78.9 Å². The Morgan fingerprint density at radius 3 is 2.38 bits per heavy atom. The van der Waals surface area contributed by atoms with Crippen molar-refractivity contribution in [3.63, 3.8) is 0 Å². The Balaban J connectivity index is 1.34. The van der Waals surface area contributed by atoms with Crippen molar-refractivity contribution >= 4 is 52.2 Å². The molecular formula is C29H21N5O5. The molecule has 7 rings (SSSR count). The van der Waals surface area contributed by atoms with Gasteiger partial charge in [-0.05, 0) is 48.0 Å². The summed E-state index contributed by atoms with van der Waals surface area (Å²) < 4.78 is 6.32. The number of amides is 2. The maximum absolute atomic E-state index is 14.2. The molecule has 2 fully saturated rings. The molecule has 39 heavy (non-hydrogen) atoms. The van der Waals surface area contributed by atoms with Crippen LogP contribution < -0.4 is 14.5 Å². The van der Waals surface area contributed by atoms with Crippen molar-refractivity contribution in [2.45, 2.75) is 19.0 Å². The molecule has 192 valence electrons. The predicted octanol–water partition coefficient (Wildman–Crippen LogP) is 3.09. The fraction of sp³-hybridized carbons (Fsp3) is 0.172. The van der Waals surface area contributed by atoms with Crippen LogP contribution in [0, 0.1) is 11.8 Å². The van der Waals surface area contributed by atoms with Crippen LogP contribution in [0.25, 0.3) is 17.1 Å². The van der Waals surface area contributed by atoms with Crippen LogP contribution in [-0.2, 0) is 14.4 Å². The number of rotatable bonds is 3. The Morgan fingerprint density at radius 2 is 1.59 bits per heavy atom. The van der Waals surface area contributed by atoms with Gasteiger partial charge in [0.25, 0.3) is 5.91 Å². The fourth-order valence-electron chi connectivity index (χ4n) is 6.04. The third-order valence-electron chi connectivity index (χ3n) is 7.58. The standard InChI is InChI=1S/C29H21N5O5/c1-16(35)39-19-13-11-18(12-14-19)32-27(36)24-23-15-10-17-6-2-4-8-21(17)33(23)26(25(24)28(32)37)29(38)34-22-9-5-3-7-20(22)30-31-34/h2-15,23-26H,1H3/t23-,24+,25+,26-/m0/s1. The van der Waals surface area contributed by atoms with Crippen LogP contribution in [0.4, 0.5) is 11.4 Å². The highest BCUT2D eigenvalue weighted by Gasteiger charge is 2.64. The van der Waals surface area contributed by atoms with Crippen LogP contribution in [-0.4, -0.2) is 50.8 Å². The molecule has 1 aromatic heterocycles. The van der Waals surface area contributed by atoms with Crippen molar-refractivity contribution in [2.75, 3.05) is 9.80 Å². The molecular weight excluding hydrogens is 498 g/mol. The van der Waals surface area contributed by atoms with E-state index in [0.717, 1.165) is 16.2 Å². The molecule has 0 N–H and O–H groups in total. The molecule has 0 aliphatic carbocycles. The summed E-state index contributed by atoms with van der Waals surface area (Å²) in [6.45, 7) is 1.29. The number of hydrogen-bond donors (Lipinski definition) is 0. The number of anilines is 2. The van der Waals surface area contributed by atoms with Crippen molar-refractivity contribution in [3.05, 3.63) is 84.4 Å². The summed E-state index contributed by atoms with van der Waals surface area (Å²) in [4.78, 5) is 56.5. The predicted molar refractivity (Wildman–Crippen MR) is 141 cm³/mol. The van der Waals surface area contributed by atoms with E-state index < -0.39 is 41.7 Å². The Labute approximate surface area is 222 Å². The van der Waals surface area contributed by atoms with Gasteiger partial charge >= 0.3 is 5.97 Å². The molecule has 2 amide bonds. The minimum Gasteiger partial charge on any atom is -0.427 e. The minimum atomic E-state index is -0.988. The summed E-state index contributed by atoms with van der Waals surface area (Å²) >= 11 is 0. The van der Waals surface area contributed by atoms with Crippen LogP contribution in [0.3, 0.4) is 0 Å². The molecule has 3 aliphatic rings. The first-order valence-electron chi connectivity index (χ1n) is 12.5. The average Bonchev–Trinajstić information content (AvgIpc) is 3.60. The van der Waals surface area contributed by atoms with Crippen molar-refractivity contribution in [3.8, 4) is 5.75 Å². The van der Waals surface area contributed by atoms with Crippen LogP contribution in [0.5, 0.6) is 5.75 Å². The molecule has 2 saturated heterocycles. The lowest BCUT2D eigenvalue weighted by atomic mass is 9.88. The third kappa shape index (κ3) is 3.34. The number of imide groups is 1. The van der Waals surface area contributed by atoms with Gasteiger partial charge in [-0.3, -0.25) is 19.2 Å². The second-order valence-corrected chi connectivity index (χ2v) is 9.74. The summed E-state index contributed by atoms with van der Waals surface area (Å²) in [7, 11) is 0. The first kappa shape index (κ1) is 23.0. The number of esters is 1. The van der Waals surface area contributed by atoms with E-state index in [4.69, 9.17) is 4.74 Å². The maximum Gasteiger partial charge on any atom is 0.308 e. The molecule has 3 aromatic carbocycles.